The van der Waals surface area contributed by atoms with Crippen molar-refractivity contribution in [2.24, 2.45) is 11.8 Å². The van der Waals surface area contributed by atoms with Crippen molar-refractivity contribution < 1.29 is 19.7 Å². The standard InChI is InChI=1S/C16H22N2O6/c1-9(2)12-8-13(19)16(18(22)23)14(15(12)17(20)21)10-4-6-11(24-3)7-5-10/h4-7,9,12-16,19H,8H2,1-3H3/t12-,13+,14+,15+,16+/m0/s1. The molecule has 0 spiro atoms. The summed E-state index contributed by atoms with van der Waals surface area (Å²) < 4.78 is 5.07. The van der Waals surface area contributed by atoms with Crippen LogP contribution in [0.1, 0.15) is 31.7 Å². The molecule has 0 amide bonds. The van der Waals surface area contributed by atoms with Gasteiger partial charge in [-0.3, -0.25) is 20.2 Å². The molecular weight excluding hydrogens is 316 g/mol. The summed E-state index contributed by atoms with van der Waals surface area (Å²) in [7, 11) is 1.49. The third-order valence-electron chi connectivity index (χ3n) is 4.93. The zero-order valence-electron chi connectivity index (χ0n) is 13.9. The van der Waals surface area contributed by atoms with Crippen LogP contribution in [0.5, 0.6) is 5.75 Å². The molecule has 1 aromatic rings. The normalized spacial score (nSPS) is 30.1. The van der Waals surface area contributed by atoms with Crippen molar-refractivity contribution in [3.63, 3.8) is 0 Å². The molecule has 0 aliphatic heterocycles. The smallest absolute Gasteiger partial charge is 0.251 e. The monoisotopic (exact) mass is 338 g/mol. The van der Waals surface area contributed by atoms with Crippen LogP contribution in [0.2, 0.25) is 0 Å². The molecule has 8 nitrogen and oxygen atoms in total. The van der Waals surface area contributed by atoms with E-state index >= 15 is 0 Å². The third-order valence-corrected chi connectivity index (χ3v) is 4.93. The average molecular weight is 338 g/mol. The second-order valence-corrected chi connectivity index (χ2v) is 6.56. The lowest BCUT2D eigenvalue weighted by molar-refractivity contribution is -0.589. The number of nitrogens with zero attached hydrogens (tertiary/aromatic N) is 2. The van der Waals surface area contributed by atoms with Crippen molar-refractivity contribution >= 4 is 0 Å². The number of aliphatic hydroxyl groups excluding tert-OH is 1. The molecule has 1 aliphatic rings. The van der Waals surface area contributed by atoms with E-state index in [0.717, 1.165) is 0 Å². The van der Waals surface area contributed by atoms with Crippen molar-refractivity contribution in [3.8, 4) is 5.75 Å². The molecule has 1 saturated carbocycles. The van der Waals surface area contributed by atoms with E-state index in [1.807, 2.05) is 13.8 Å². The second-order valence-electron chi connectivity index (χ2n) is 6.56. The van der Waals surface area contributed by atoms with Crippen LogP contribution in [0.15, 0.2) is 24.3 Å². The quantitative estimate of drug-likeness (QED) is 0.649. The maximum atomic E-state index is 11.7. The van der Waals surface area contributed by atoms with Gasteiger partial charge in [0.25, 0.3) is 6.04 Å². The molecule has 24 heavy (non-hydrogen) atoms. The summed E-state index contributed by atoms with van der Waals surface area (Å²) in [4.78, 5) is 22.2. The Morgan fingerprint density at radius 2 is 1.67 bits per heavy atom. The van der Waals surface area contributed by atoms with E-state index in [4.69, 9.17) is 4.74 Å². The number of nitro groups is 2. The number of ether oxygens (including phenoxy) is 1. The zero-order valence-corrected chi connectivity index (χ0v) is 13.9. The van der Waals surface area contributed by atoms with E-state index in [0.29, 0.717) is 11.3 Å². The molecule has 0 heterocycles. The lowest BCUT2D eigenvalue weighted by Crippen LogP contribution is -2.55. The van der Waals surface area contributed by atoms with Gasteiger partial charge in [0.1, 0.15) is 17.8 Å². The number of hydrogen-bond acceptors (Lipinski definition) is 6. The molecule has 132 valence electrons. The van der Waals surface area contributed by atoms with E-state index in [2.05, 4.69) is 0 Å². The van der Waals surface area contributed by atoms with Crippen LogP contribution in [0, 0.1) is 32.1 Å². The highest BCUT2D eigenvalue weighted by Crippen LogP contribution is 2.43. The van der Waals surface area contributed by atoms with Crippen LogP contribution in [0.3, 0.4) is 0 Å². The fraction of sp³-hybridized carbons (Fsp3) is 0.625. The summed E-state index contributed by atoms with van der Waals surface area (Å²) >= 11 is 0. The van der Waals surface area contributed by atoms with E-state index in [-0.39, 0.29) is 12.3 Å². The summed E-state index contributed by atoms with van der Waals surface area (Å²) in [5.74, 6) is -0.926. The average Bonchev–Trinajstić information content (AvgIpc) is 2.53. The van der Waals surface area contributed by atoms with Gasteiger partial charge in [0.05, 0.1) is 7.11 Å². The molecule has 0 radical (unpaired) electrons. The highest BCUT2D eigenvalue weighted by Gasteiger charge is 2.57. The maximum absolute atomic E-state index is 11.7. The summed E-state index contributed by atoms with van der Waals surface area (Å²) in [6.45, 7) is 3.68. The number of benzene rings is 1. The van der Waals surface area contributed by atoms with Gasteiger partial charge in [-0.05, 0) is 30.0 Å². The maximum Gasteiger partial charge on any atom is 0.251 e. The Morgan fingerprint density at radius 1 is 1.12 bits per heavy atom. The summed E-state index contributed by atoms with van der Waals surface area (Å²) in [6.07, 6.45) is -1.16. The minimum absolute atomic E-state index is 0.0572. The van der Waals surface area contributed by atoms with Gasteiger partial charge in [-0.2, -0.15) is 0 Å². The van der Waals surface area contributed by atoms with E-state index in [9.17, 15) is 25.3 Å². The highest BCUT2D eigenvalue weighted by atomic mass is 16.6. The summed E-state index contributed by atoms with van der Waals surface area (Å²) in [5, 5.41) is 33.5. The molecular formula is C16H22N2O6. The van der Waals surface area contributed by atoms with Gasteiger partial charge in [0.2, 0.25) is 6.04 Å². The van der Waals surface area contributed by atoms with Crippen LogP contribution in [-0.2, 0) is 0 Å². The first kappa shape index (κ1) is 18.1. The second kappa shape index (κ2) is 7.12. The number of rotatable bonds is 5. The predicted molar refractivity (Wildman–Crippen MR) is 86.3 cm³/mol. The minimum atomic E-state index is -1.40. The lowest BCUT2D eigenvalue weighted by atomic mass is 9.66. The van der Waals surface area contributed by atoms with Gasteiger partial charge < -0.3 is 9.84 Å². The van der Waals surface area contributed by atoms with Gasteiger partial charge >= 0.3 is 0 Å². The van der Waals surface area contributed by atoms with Crippen molar-refractivity contribution in [2.45, 2.75) is 44.4 Å². The first-order valence-corrected chi connectivity index (χ1v) is 7.87. The first-order chi connectivity index (χ1) is 11.3. The van der Waals surface area contributed by atoms with Crippen LogP contribution in [-0.4, -0.2) is 40.3 Å². The van der Waals surface area contributed by atoms with Crippen molar-refractivity contribution in [3.05, 3.63) is 50.1 Å². The fourth-order valence-corrected chi connectivity index (χ4v) is 3.71. The van der Waals surface area contributed by atoms with Gasteiger partial charge in [-0.15, -0.1) is 0 Å². The lowest BCUT2D eigenvalue weighted by Gasteiger charge is -2.38. The van der Waals surface area contributed by atoms with E-state index in [1.165, 1.54) is 7.11 Å². The number of aliphatic hydroxyl groups is 1. The molecule has 8 heteroatoms. The number of methoxy groups -OCH3 is 1. The Balaban J connectivity index is 2.54. The molecule has 5 atom stereocenters. The predicted octanol–water partition coefficient (Wildman–Crippen LogP) is 2.11. The van der Waals surface area contributed by atoms with Crippen LogP contribution in [0.4, 0.5) is 0 Å². The minimum Gasteiger partial charge on any atom is -0.497 e. The molecule has 2 rings (SSSR count). The van der Waals surface area contributed by atoms with Crippen molar-refractivity contribution in [1.82, 2.24) is 0 Å². The van der Waals surface area contributed by atoms with Crippen molar-refractivity contribution in [1.29, 1.82) is 0 Å². The van der Waals surface area contributed by atoms with Gasteiger partial charge in [0, 0.05) is 15.8 Å². The molecule has 1 aliphatic carbocycles. The zero-order chi connectivity index (χ0) is 18.0. The Morgan fingerprint density at radius 3 is 2.08 bits per heavy atom. The third kappa shape index (κ3) is 3.33. The number of hydrogen-bond donors (Lipinski definition) is 1. The molecule has 1 aromatic carbocycles. The van der Waals surface area contributed by atoms with Crippen LogP contribution in [0.25, 0.3) is 0 Å². The summed E-state index contributed by atoms with van der Waals surface area (Å²) in [6, 6.07) is 3.93. The Kier molecular flexibility index (Phi) is 5.38. The fourth-order valence-electron chi connectivity index (χ4n) is 3.71. The van der Waals surface area contributed by atoms with Gasteiger partial charge in [0.15, 0.2) is 0 Å². The first-order valence-electron chi connectivity index (χ1n) is 7.87. The van der Waals surface area contributed by atoms with E-state index < -0.39 is 39.9 Å². The van der Waals surface area contributed by atoms with Gasteiger partial charge in [-0.25, -0.2) is 0 Å². The SMILES string of the molecule is COc1ccc([C@H]2[C@H]([N+](=O)[O-])[C@H](O)C[C@@H](C(C)C)[C@H]2[N+](=O)[O-])cc1. The van der Waals surface area contributed by atoms with E-state index in [1.54, 1.807) is 24.3 Å². The Bertz CT molecular complexity index is 603. The Labute approximate surface area is 139 Å². The summed E-state index contributed by atoms with van der Waals surface area (Å²) in [5.41, 5.74) is 0.476. The van der Waals surface area contributed by atoms with Gasteiger partial charge in [-0.1, -0.05) is 26.0 Å². The molecule has 0 bridgehead atoms. The van der Waals surface area contributed by atoms with Crippen molar-refractivity contribution in [2.75, 3.05) is 7.11 Å². The van der Waals surface area contributed by atoms with Crippen LogP contribution >= 0.6 is 0 Å². The van der Waals surface area contributed by atoms with Crippen LogP contribution < -0.4 is 4.74 Å². The molecule has 0 saturated heterocycles. The Hall–Kier alpha value is -2.22. The molecule has 0 aromatic heterocycles. The topological polar surface area (TPSA) is 116 Å². The molecule has 1 N–H and O–H groups in total. The molecule has 0 unspecified atom stereocenters. The largest absolute Gasteiger partial charge is 0.497 e. The highest BCUT2D eigenvalue weighted by molar-refractivity contribution is 5.31. The molecule has 1 fully saturated rings.